The largest absolute Gasteiger partial charge is 0.337 e. The maximum atomic E-state index is 12.7. The molecule has 2 saturated heterocycles. The monoisotopic (exact) mass is 290 g/mol. The van der Waals surface area contributed by atoms with E-state index in [1.807, 2.05) is 0 Å². The van der Waals surface area contributed by atoms with Crippen molar-refractivity contribution in [3.05, 3.63) is 21.4 Å². The molecule has 1 aromatic heterocycles. The summed E-state index contributed by atoms with van der Waals surface area (Å²) < 4.78 is 0. The number of hydrogen-bond acceptors (Lipinski definition) is 3. The Bertz CT molecular complexity index is 489. The van der Waals surface area contributed by atoms with E-state index < -0.39 is 0 Å². The van der Waals surface area contributed by atoms with Crippen molar-refractivity contribution in [1.29, 1.82) is 0 Å². The van der Waals surface area contributed by atoms with Gasteiger partial charge < -0.3 is 10.2 Å². The summed E-state index contributed by atoms with van der Waals surface area (Å²) in [5.41, 5.74) is 1.46. The third-order valence-corrected chi connectivity index (χ3v) is 6.36. The van der Waals surface area contributed by atoms with Crippen LogP contribution in [-0.4, -0.2) is 37.0 Å². The topological polar surface area (TPSA) is 32.3 Å². The number of carbonyl (C=O) groups excluding carboxylic acids is 1. The number of carbonyl (C=O) groups is 1. The quantitative estimate of drug-likeness (QED) is 0.805. The average Bonchev–Trinajstić information content (AvgIpc) is 3.09. The molecular weight excluding hydrogens is 268 g/mol. The molecule has 108 valence electrons. The van der Waals surface area contributed by atoms with E-state index in [1.165, 1.54) is 42.5 Å². The zero-order valence-corrected chi connectivity index (χ0v) is 12.7. The van der Waals surface area contributed by atoms with Crippen molar-refractivity contribution < 1.29 is 4.79 Å². The molecule has 1 aliphatic carbocycles. The van der Waals surface area contributed by atoms with Gasteiger partial charge in [0.25, 0.3) is 5.91 Å². The van der Waals surface area contributed by atoms with Crippen LogP contribution in [0.5, 0.6) is 0 Å². The van der Waals surface area contributed by atoms with Crippen LogP contribution in [-0.2, 0) is 12.8 Å². The predicted molar refractivity (Wildman–Crippen MR) is 81.3 cm³/mol. The van der Waals surface area contributed by atoms with Gasteiger partial charge in [-0.2, -0.15) is 0 Å². The Morgan fingerprint density at radius 1 is 1.15 bits per heavy atom. The van der Waals surface area contributed by atoms with Gasteiger partial charge in [-0.15, -0.1) is 11.3 Å². The zero-order valence-electron chi connectivity index (χ0n) is 11.9. The van der Waals surface area contributed by atoms with Gasteiger partial charge in [-0.3, -0.25) is 4.79 Å². The summed E-state index contributed by atoms with van der Waals surface area (Å²) in [5, 5.41) is 3.43. The third-order valence-electron chi connectivity index (χ3n) is 5.13. The molecule has 0 bridgehead atoms. The van der Waals surface area contributed by atoms with Crippen molar-refractivity contribution in [2.75, 3.05) is 26.2 Å². The molecule has 1 amide bonds. The van der Waals surface area contributed by atoms with Gasteiger partial charge in [0.05, 0.1) is 4.88 Å². The van der Waals surface area contributed by atoms with Gasteiger partial charge in [0.1, 0.15) is 0 Å². The molecule has 3 heterocycles. The Morgan fingerprint density at radius 3 is 2.70 bits per heavy atom. The van der Waals surface area contributed by atoms with Gasteiger partial charge in [-0.05, 0) is 49.1 Å². The summed E-state index contributed by atoms with van der Waals surface area (Å²) >= 11 is 1.76. The second kappa shape index (κ2) is 5.15. The highest BCUT2D eigenvalue weighted by Crippen LogP contribution is 2.32. The lowest BCUT2D eigenvalue weighted by Gasteiger charge is -2.16. The molecule has 2 aliphatic heterocycles. The number of rotatable bonds is 1. The lowest BCUT2D eigenvalue weighted by Crippen LogP contribution is -2.31. The lowest BCUT2D eigenvalue weighted by atomic mass is 10.0. The Kier molecular flexibility index (Phi) is 3.31. The normalized spacial score (nSPS) is 29.1. The van der Waals surface area contributed by atoms with Crippen LogP contribution in [0.3, 0.4) is 0 Å². The van der Waals surface area contributed by atoms with Crippen molar-refractivity contribution in [3.63, 3.8) is 0 Å². The number of nitrogens with one attached hydrogen (secondary N) is 1. The molecule has 4 heteroatoms. The average molecular weight is 290 g/mol. The number of hydrogen-bond donors (Lipinski definition) is 1. The third kappa shape index (κ3) is 2.19. The van der Waals surface area contributed by atoms with Crippen molar-refractivity contribution >= 4 is 17.2 Å². The van der Waals surface area contributed by atoms with Crippen molar-refractivity contribution in [3.8, 4) is 0 Å². The van der Waals surface area contributed by atoms with Gasteiger partial charge in [-0.1, -0.05) is 6.42 Å². The number of nitrogens with zero attached hydrogens (tertiary/aromatic N) is 1. The van der Waals surface area contributed by atoms with Crippen LogP contribution in [0.15, 0.2) is 6.07 Å². The Hall–Kier alpha value is -0.870. The van der Waals surface area contributed by atoms with Crippen molar-refractivity contribution in [1.82, 2.24) is 10.2 Å². The number of amides is 1. The molecule has 4 rings (SSSR count). The highest BCUT2D eigenvalue weighted by Gasteiger charge is 2.38. The van der Waals surface area contributed by atoms with E-state index in [1.54, 1.807) is 11.3 Å². The number of likely N-dealkylation sites (tertiary alicyclic amines) is 1. The fraction of sp³-hybridized carbons (Fsp3) is 0.688. The summed E-state index contributed by atoms with van der Waals surface area (Å²) in [5.74, 6) is 1.67. The molecule has 3 nitrogen and oxygen atoms in total. The molecule has 1 aromatic rings. The fourth-order valence-corrected chi connectivity index (χ4v) is 5.17. The first-order valence-electron chi connectivity index (χ1n) is 7.93. The molecule has 0 saturated carbocycles. The van der Waals surface area contributed by atoms with Crippen LogP contribution in [0.4, 0.5) is 0 Å². The van der Waals surface area contributed by atoms with Crippen LogP contribution >= 0.6 is 11.3 Å². The number of thiophene rings is 1. The highest BCUT2D eigenvalue weighted by atomic mass is 32.1. The van der Waals surface area contributed by atoms with Gasteiger partial charge in [0, 0.05) is 31.1 Å². The van der Waals surface area contributed by atoms with Crippen LogP contribution in [0.2, 0.25) is 0 Å². The van der Waals surface area contributed by atoms with Crippen LogP contribution in [0, 0.1) is 11.8 Å². The minimum Gasteiger partial charge on any atom is -0.337 e. The van der Waals surface area contributed by atoms with E-state index in [2.05, 4.69) is 16.3 Å². The molecule has 2 unspecified atom stereocenters. The molecule has 2 fully saturated rings. The van der Waals surface area contributed by atoms with Crippen LogP contribution in [0.1, 0.15) is 39.4 Å². The van der Waals surface area contributed by atoms with E-state index in [0.717, 1.165) is 31.1 Å². The summed E-state index contributed by atoms with van der Waals surface area (Å²) in [6.07, 6.45) is 6.28. The van der Waals surface area contributed by atoms with Crippen LogP contribution < -0.4 is 5.32 Å². The van der Waals surface area contributed by atoms with Crippen LogP contribution in [0.25, 0.3) is 0 Å². The van der Waals surface area contributed by atoms with Gasteiger partial charge >= 0.3 is 0 Å². The Labute approximate surface area is 124 Å². The summed E-state index contributed by atoms with van der Waals surface area (Å²) in [7, 11) is 0. The smallest absolute Gasteiger partial charge is 0.263 e. The van der Waals surface area contributed by atoms with E-state index in [4.69, 9.17) is 0 Å². The van der Waals surface area contributed by atoms with E-state index in [0.29, 0.717) is 11.8 Å². The van der Waals surface area contributed by atoms with E-state index in [-0.39, 0.29) is 5.91 Å². The predicted octanol–water partition coefficient (Wildman–Crippen LogP) is 2.31. The highest BCUT2D eigenvalue weighted by molar-refractivity contribution is 7.14. The number of aryl methyl sites for hydroxylation is 2. The minimum absolute atomic E-state index is 0.289. The second-order valence-corrected chi connectivity index (χ2v) is 7.65. The first kappa shape index (κ1) is 12.8. The summed E-state index contributed by atoms with van der Waals surface area (Å²) in [4.78, 5) is 17.3. The minimum atomic E-state index is 0.289. The van der Waals surface area contributed by atoms with Crippen molar-refractivity contribution in [2.24, 2.45) is 11.8 Å². The van der Waals surface area contributed by atoms with Gasteiger partial charge in [-0.25, -0.2) is 0 Å². The Morgan fingerprint density at radius 2 is 1.90 bits per heavy atom. The lowest BCUT2D eigenvalue weighted by molar-refractivity contribution is 0.0786. The molecule has 0 spiro atoms. The molecular formula is C16H22N2OS. The molecule has 2 atom stereocenters. The standard InChI is InChI=1S/C16H22N2OS/c19-16(18-9-12-7-17-8-13(12)10-18)15-6-11-4-2-1-3-5-14(11)20-15/h6,12-13,17H,1-5,7-10H2. The maximum absolute atomic E-state index is 12.7. The maximum Gasteiger partial charge on any atom is 0.263 e. The SMILES string of the molecule is O=C(c1cc2c(s1)CCCCC2)N1CC2CNCC2C1. The first-order valence-corrected chi connectivity index (χ1v) is 8.74. The summed E-state index contributed by atoms with van der Waals surface area (Å²) in [6.45, 7) is 4.10. The summed E-state index contributed by atoms with van der Waals surface area (Å²) in [6, 6.07) is 2.19. The van der Waals surface area contributed by atoms with Gasteiger partial charge in [0.2, 0.25) is 0 Å². The number of fused-ring (bicyclic) bond motifs is 2. The zero-order chi connectivity index (χ0) is 13.5. The molecule has 3 aliphatic rings. The molecule has 0 aromatic carbocycles. The van der Waals surface area contributed by atoms with Crippen molar-refractivity contribution in [2.45, 2.75) is 32.1 Å². The first-order chi connectivity index (χ1) is 9.81. The molecule has 1 N–H and O–H groups in total. The van der Waals surface area contributed by atoms with E-state index >= 15 is 0 Å². The molecule has 20 heavy (non-hydrogen) atoms. The Balaban J connectivity index is 1.51. The van der Waals surface area contributed by atoms with E-state index in [9.17, 15) is 4.79 Å². The van der Waals surface area contributed by atoms with Gasteiger partial charge in [0.15, 0.2) is 0 Å². The molecule has 0 radical (unpaired) electrons. The second-order valence-electron chi connectivity index (χ2n) is 6.51. The fourth-order valence-electron chi connectivity index (χ4n) is 3.95.